The number of nitrogens with two attached hydrogens (primary N) is 1. The van der Waals surface area contributed by atoms with Gasteiger partial charge in [-0.15, -0.1) is 0 Å². The molecule has 0 bridgehead atoms. The third-order valence-electron chi connectivity index (χ3n) is 5.35. The van der Waals surface area contributed by atoms with Crippen molar-refractivity contribution >= 4 is 33.0 Å². The standard InChI is InChI=1S/C20H22N4O7S/c21-32(28,29)14-4-5-15(16(12-14)24(26)27)22-10-7-19(25)23-13-3-6-17-18(11-13)31-20(30-17)8-1-2-9-20/h3-6,11-12,22H,1-2,7-10H2,(H,23,25)(H2,21,28,29). The van der Waals surface area contributed by atoms with Gasteiger partial charge in [0.25, 0.3) is 11.5 Å². The molecule has 4 N–H and O–H groups in total. The molecule has 1 aliphatic heterocycles. The number of hydrogen-bond acceptors (Lipinski definition) is 8. The molecule has 12 heteroatoms. The molecule has 4 rings (SSSR count). The summed E-state index contributed by atoms with van der Waals surface area (Å²) in [5.41, 5.74) is 0.185. The maximum absolute atomic E-state index is 12.3. The summed E-state index contributed by atoms with van der Waals surface area (Å²) in [7, 11) is -4.07. The molecule has 0 aromatic heterocycles. The SMILES string of the molecule is NS(=O)(=O)c1ccc(NCCC(=O)Nc2ccc3c(c2)OC2(CCCC2)O3)c([N+](=O)[O-])c1. The fraction of sp³-hybridized carbons (Fsp3) is 0.350. The minimum Gasteiger partial charge on any atom is -0.448 e. The summed E-state index contributed by atoms with van der Waals surface area (Å²) < 4.78 is 34.7. The van der Waals surface area contributed by atoms with Crippen LogP contribution < -0.4 is 25.2 Å². The van der Waals surface area contributed by atoms with Gasteiger partial charge in [-0.25, -0.2) is 13.6 Å². The molecule has 2 aliphatic rings. The fourth-order valence-electron chi connectivity index (χ4n) is 3.81. The number of anilines is 2. The number of benzene rings is 2. The Bertz CT molecular complexity index is 1180. The van der Waals surface area contributed by atoms with E-state index < -0.39 is 26.4 Å². The molecule has 1 spiro atoms. The molecule has 0 atom stereocenters. The summed E-state index contributed by atoms with van der Waals surface area (Å²) in [6, 6.07) is 8.47. The molecule has 2 aromatic rings. The Labute approximate surface area is 184 Å². The molecule has 0 unspecified atom stereocenters. The fourth-order valence-corrected chi connectivity index (χ4v) is 4.35. The number of hydrogen-bond donors (Lipinski definition) is 3. The van der Waals surface area contributed by atoms with Crippen molar-refractivity contribution < 1.29 is 27.6 Å². The Morgan fingerprint density at radius 3 is 2.53 bits per heavy atom. The number of nitrogens with one attached hydrogen (secondary N) is 2. The summed E-state index contributed by atoms with van der Waals surface area (Å²) in [5.74, 6) is 0.355. The number of carbonyl (C=O) groups is 1. The number of nitro benzene ring substituents is 1. The molecular formula is C20H22N4O7S. The van der Waals surface area contributed by atoms with Gasteiger partial charge >= 0.3 is 0 Å². The highest BCUT2D eigenvalue weighted by molar-refractivity contribution is 7.89. The van der Waals surface area contributed by atoms with Crippen LogP contribution in [0.25, 0.3) is 0 Å². The van der Waals surface area contributed by atoms with Crippen LogP contribution in [0.1, 0.15) is 32.1 Å². The van der Waals surface area contributed by atoms with Gasteiger partial charge in [-0.3, -0.25) is 14.9 Å². The van der Waals surface area contributed by atoms with Crippen molar-refractivity contribution in [1.29, 1.82) is 0 Å². The van der Waals surface area contributed by atoms with E-state index in [4.69, 9.17) is 14.6 Å². The first-order valence-electron chi connectivity index (χ1n) is 10.0. The van der Waals surface area contributed by atoms with Crippen LogP contribution in [0.4, 0.5) is 17.1 Å². The summed E-state index contributed by atoms with van der Waals surface area (Å²) in [6.07, 6.45) is 3.78. The molecule has 0 saturated heterocycles. The van der Waals surface area contributed by atoms with Gasteiger partial charge in [0.1, 0.15) is 5.69 Å². The van der Waals surface area contributed by atoms with Gasteiger partial charge in [0.15, 0.2) is 11.5 Å². The summed E-state index contributed by atoms with van der Waals surface area (Å²) in [4.78, 5) is 22.5. The molecule has 1 saturated carbocycles. The van der Waals surface area contributed by atoms with Crippen molar-refractivity contribution in [2.75, 3.05) is 17.2 Å². The minimum absolute atomic E-state index is 0.0203. The number of ether oxygens (including phenoxy) is 2. The Hall–Kier alpha value is -3.38. The summed E-state index contributed by atoms with van der Waals surface area (Å²) in [5, 5.41) is 21.8. The molecule has 1 amide bonds. The second kappa shape index (κ2) is 8.28. The number of nitrogens with zero attached hydrogens (tertiary/aromatic N) is 1. The lowest BCUT2D eigenvalue weighted by atomic mass is 10.2. The highest BCUT2D eigenvalue weighted by Crippen LogP contribution is 2.47. The van der Waals surface area contributed by atoms with E-state index in [9.17, 15) is 23.3 Å². The number of carbonyl (C=O) groups excluding carboxylic acids is 1. The van der Waals surface area contributed by atoms with Gasteiger partial charge in [0.2, 0.25) is 15.9 Å². The number of rotatable bonds is 7. The Morgan fingerprint density at radius 2 is 1.84 bits per heavy atom. The monoisotopic (exact) mass is 462 g/mol. The van der Waals surface area contributed by atoms with Gasteiger partial charge in [-0.1, -0.05) is 0 Å². The number of sulfonamides is 1. The quantitative estimate of drug-likeness (QED) is 0.418. The van der Waals surface area contributed by atoms with Crippen LogP contribution in [0.2, 0.25) is 0 Å². The topological polar surface area (TPSA) is 163 Å². The van der Waals surface area contributed by atoms with Crippen molar-refractivity contribution in [3.63, 3.8) is 0 Å². The summed E-state index contributed by atoms with van der Waals surface area (Å²) >= 11 is 0. The van der Waals surface area contributed by atoms with Gasteiger partial charge in [0.05, 0.1) is 9.82 Å². The molecule has 1 fully saturated rings. The normalized spacial score (nSPS) is 16.2. The van der Waals surface area contributed by atoms with Gasteiger partial charge in [0, 0.05) is 43.6 Å². The Kier molecular flexibility index (Phi) is 5.65. The zero-order valence-electron chi connectivity index (χ0n) is 17.0. The average Bonchev–Trinajstić information content (AvgIpc) is 3.32. The second-order valence-corrected chi connectivity index (χ2v) is 9.25. The van der Waals surface area contributed by atoms with Crippen LogP contribution in [0, 0.1) is 10.1 Å². The first-order chi connectivity index (χ1) is 15.2. The first-order valence-corrected chi connectivity index (χ1v) is 11.6. The predicted molar refractivity (Wildman–Crippen MR) is 115 cm³/mol. The van der Waals surface area contributed by atoms with Crippen molar-refractivity contribution in [2.24, 2.45) is 5.14 Å². The molecule has 1 heterocycles. The van der Waals surface area contributed by atoms with Gasteiger partial charge < -0.3 is 20.1 Å². The lowest BCUT2D eigenvalue weighted by Gasteiger charge is -2.21. The molecule has 32 heavy (non-hydrogen) atoms. The van der Waals surface area contributed by atoms with E-state index in [-0.39, 0.29) is 29.5 Å². The third-order valence-corrected chi connectivity index (χ3v) is 6.26. The van der Waals surface area contributed by atoms with E-state index in [1.54, 1.807) is 18.2 Å². The van der Waals surface area contributed by atoms with Gasteiger partial charge in [-0.2, -0.15) is 0 Å². The highest BCUT2D eigenvalue weighted by Gasteiger charge is 2.44. The second-order valence-electron chi connectivity index (χ2n) is 7.69. The van der Waals surface area contributed by atoms with Crippen LogP contribution in [0.5, 0.6) is 11.5 Å². The van der Waals surface area contributed by atoms with Crippen molar-refractivity contribution in [3.8, 4) is 11.5 Å². The number of primary sulfonamides is 1. The Morgan fingerprint density at radius 1 is 1.12 bits per heavy atom. The average molecular weight is 462 g/mol. The predicted octanol–water partition coefficient (Wildman–Crippen LogP) is 2.72. The zero-order chi connectivity index (χ0) is 22.9. The van der Waals surface area contributed by atoms with Crippen molar-refractivity contribution in [2.45, 2.75) is 42.8 Å². The molecule has 2 aromatic carbocycles. The molecular weight excluding hydrogens is 440 g/mol. The van der Waals surface area contributed by atoms with Crippen LogP contribution in [-0.4, -0.2) is 31.6 Å². The van der Waals surface area contributed by atoms with Crippen LogP contribution in [0.15, 0.2) is 41.3 Å². The number of fused-ring (bicyclic) bond motifs is 1. The van der Waals surface area contributed by atoms with Gasteiger partial charge in [-0.05, 0) is 37.1 Å². The zero-order valence-corrected chi connectivity index (χ0v) is 17.8. The minimum atomic E-state index is -4.07. The highest BCUT2D eigenvalue weighted by atomic mass is 32.2. The van der Waals surface area contributed by atoms with Crippen LogP contribution >= 0.6 is 0 Å². The van der Waals surface area contributed by atoms with E-state index in [2.05, 4.69) is 10.6 Å². The number of nitro groups is 1. The lowest BCUT2D eigenvalue weighted by Crippen LogP contribution is -2.34. The van der Waals surface area contributed by atoms with E-state index >= 15 is 0 Å². The summed E-state index contributed by atoms with van der Waals surface area (Å²) in [6.45, 7) is 0.0923. The third kappa shape index (κ3) is 4.60. The smallest absolute Gasteiger partial charge is 0.293 e. The van der Waals surface area contributed by atoms with E-state index in [1.165, 1.54) is 6.07 Å². The first kappa shape index (κ1) is 21.8. The van der Waals surface area contributed by atoms with Crippen LogP contribution in [-0.2, 0) is 14.8 Å². The molecule has 1 aliphatic carbocycles. The number of amides is 1. The van der Waals surface area contributed by atoms with E-state index in [1.807, 2.05) is 0 Å². The molecule has 0 radical (unpaired) electrons. The maximum Gasteiger partial charge on any atom is 0.293 e. The van der Waals surface area contributed by atoms with E-state index in [0.717, 1.165) is 37.8 Å². The molecule has 170 valence electrons. The largest absolute Gasteiger partial charge is 0.448 e. The Balaban J connectivity index is 1.34. The van der Waals surface area contributed by atoms with Crippen LogP contribution in [0.3, 0.4) is 0 Å². The van der Waals surface area contributed by atoms with Crippen molar-refractivity contribution in [1.82, 2.24) is 0 Å². The lowest BCUT2D eigenvalue weighted by molar-refractivity contribution is -0.384. The maximum atomic E-state index is 12.3. The van der Waals surface area contributed by atoms with E-state index in [0.29, 0.717) is 17.2 Å². The van der Waals surface area contributed by atoms with Crippen molar-refractivity contribution in [3.05, 3.63) is 46.5 Å². The molecule has 11 nitrogen and oxygen atoms in total.